The SMILES string of the molecule is CCCCC1c2cnc(CO)n2C(=O)N1N1CCNCC1. The van der Waals surface area contributed by atoms with E-state index < -0.39 is 0 Å². The van der Waals surface area contributed by atoms with Gasteiger partial charge in [-0.25, -0.2) is 24.4 Å². The first kappa shape index (κ1) is 14.5. The van der Waals surface area contributed by atoms with E-state index >= 15 is 0 Å². The Morgan fingerprint density at radius 1 is 1.43 bits per heavy atom. The van der Waals surface area contributed by atoms with Crippen molar-refractivity contribution in [1.82, 2.24) is 24.9 Å². The van der Waals surface area contributed by atoms with E-state index in [0.29, 0.717) is 5.82 Å². The number of aromatic nitrogens is 2. The van der Waals surface area contributed by atoms with Gasteiger partial charge in [0.2, 0.25) is 0 Å². The largest absolute Gasteiger partial charge is 0.388 e. The van der Waals surface area contributed by atoms with E-state index in [1.54, 1.807) is 10.8 Å². The van der Waals surface area contributed by atoms with Crippen LogP contribution < -0.4 is 5.32 Å². The molecule has 1 aromatic heterocycles. The van der Waals surface area contributed by atoms with Crippen molar-refractivity contribution in [3.63, 3.8) is 0 Å². The van der Waals surface area contributed by atoms with Crippen molar-refractivity contribution in [2.24, 2.45) is 0 Å². The van der Waals surface area contributed by atoms with E-state index in [2.05, 4.69) is 22.2 Å². The fourth-order valence-corrected chi connectivity index (χ4v) is 3.19. The Morgan fingerprint density at radius 3 is 2.86 bits per heavy atom. The third-order valence-corrected chi connectivity index (χ3v) is 4.26. The van der Waals surface area contributed by atoms with Gasteiger partial charge in [-0.15, -0.1) is 0 Å². The first-order chi connectivity index (χ1) is 10.3. The summed E-state index contributed by atoms with van der Waals surface area (Å²) in [6.45, 7) is 5.40. The lowest BCUT2D eigenvalue weighted by atomic mass is 10.1. The molecule has 1 atom stereocenters. The van der Waals surface area contributed by atoms with Gasteiger partial charge < -0.3 is 10.4 Å². The summed E-state index contributed by atoms with van der Waals surface area (Å²) < 4.78 is 1.59. The molecule has 2 aliphatic rings. The van der Waals surface area contributed by atoms with E-state index in [-0.39, 0.29) is 18.7 Å². The number of hydrazine groups is 1. The minimum Gasteiger partial charge on any atom is -0.388 e. The number of carbonyl (C=O) groups is 1. The second-order valence-electron chi connectivity index (χ2n) is 5.58. The van der Waals surface area contributed by atoms with Crippen LogP contribution in [0.4, 0.5) is 4.79 Å². The van der Waals surface area contributed by atoms with Crippen LogP contribution in [-0.4, -0.2) is 56.9 Å². The summed E-state index contributed by atoms with van der Waals surface area (Å²) in [6, 6.07) is -0.0297. The Kier molecular flexibility index (Phi) is 4.23. The molecular weight excluding hydrogens is 270 g/mol. The topological polar surface area (TPSA) is 73.6 Å². The lowest BCUT2D eigenvalue weighted by molar-refractivity contribution is -0.0203. The summed E-state index contributed by atoms with van der Waals surface area (Å²) in [5.74, 6) is 0.439. The van der Waals surface area contributed by atoms with Crippen molar-refractivity contribution in [2.45, 2.75) is 38.8 Å². The number of rotatable bonds is 5. The highest BCUT2D eigenvalue weighted by molar-refractivity contribution is 5.81. The van der Waals surface area contributed by atoms with Crippen molar-refractivity contribution in [1.29, 1.82) is 0 Å². The van der Waals surface area contributed by atoms with E-state index in [1.807, 2.05) is 5.01 Å². The molecule has 1 saturated heterocycles. The van der Waals surface area contributed by atoms with E-state index in [0.717, 1.165) is 51.1 Å². The fourth-order valence-electron chi connectivity index (χ4n) is 3.19. The third-order valence-electron chi connectivity index (χ3n) is 4.26. The highest BCUT2D eigenvalue weighted by Gasteiger charge is 2.41. The van der Waals surface area contributed by atoms with Crippen molar-refractivity contribution in [3.8, 4) is 0 Å². The Balaban J connectivity index is 1.90. The highest BCUT2D eigenvalue weighted by atomic mass is 16.3. The van der Waals surface area contributed by atoms with Gasteiger partial charge in [0.25, 0.3) is 0 Å². The molecule has 1 amide bonds. The van der Waals surface area contributed by atoms with Crippen LogP contribution in [0.15, 0.2) is 6.20 Å². The number of piperazine rings is 1. The lowest BCUT2D eigenvalue weighted by Gasteiger charge is -2.38. The maximum atomic E-state index is 12.8. The molecule has 7 nitrogen and oxygen atoms in total. The highest BCUT2D eigenvalue weighted by Crippen LogP contribution is 2.35. The fraction of sp³-hybridized carbons (Fsp3) is 0.714. The van der Waals surface area contributed by atoms with Crippen LogP contribution in [0.3, 0.4) is 0 Å². The molecule has 2 N–H and O–H groups in total. The Labute approximate surface area is 124 Å². The van der Waals surface area contributed by atoms with Gasteiger partial charge in [0.05, 0.1) is 17.9 Å². The van der Waals surface area contributed by atoms with Crippen molar-refractivity contribution in [3.05, 3.63) is 17.7 Å². The number of carbonyl (C=O) groups excluding carboxylic acids is 1. The standard InChI is InChI=1S/C14H23N5O2/c1-2-3-4-11-12-9-16-13(10-20)18(12)14(21)19(11)17-7-5-15-6-8-17/h9,11,15,20H,2-8,10H2,1H3. The molecule has 0 spiro atoms. The van der Waals surface area contributed by atoms with Gasteiger partial charge in [-0.3, -0.25) is 0 Å². The van der Waals surface area contributed by atoms with Gasteiger partial charge in [-0.05, 0) is 6.42 Å². The first-order valence-corrected chi connectivity index (χ1v) is 7.74. The van der Waals surface area contributed by atoms with E-state index in [9.17, 15) is 9.90 Å². The Morgan fingerprint density at radius 2 is 2.19 bits per heavy atom. The molecule has 0 aliphatic carbocycles. The number of fused-ring (bicyclic) bond motifs is 1. The number of unbranched alkanes of at least 4 members (excludes halogenated alkanes) is 1. The molecule has 3 rings (SSSR count). The molecule has 7 heteroatoms. The van der Waals surface area contributed by atoms with Crippen LogP contribution in [0.5, 0.6) is 0 Å². The van der Waals surface area contributed by atoms with Gasteiger partial charge >= 0.3 is 6.03 Å². The van der Waals surface area contributed by atoms with Gasteiger partial charge in [-0.1, -0.05) is 19.8 Å². The smallest absolute Gasteiger partial charge is 0.345 e. The average molecular weight is 293 g/mol. The molecule has 21 heavy (non-hydrogen) atoms. The lowest BCUT2D eigenvalue weighted by Crippen LogP contribution is -2.54. The predicted octanol–water partition coefficient (Wildman–Crippen LogP) is 0.711. The molecule has 1 fully saturated rings. The van der Waals surface area contributed by atoms with Gasteiger partial charge in [0, 0.05) is 26.2 Å². The Hall–Kier alpha value is -1.44. The summed E-state index contributed by atoms with van der Waals surface area (Å²) in [4.78, 5) is 17.0. The maximum Gasteiger partial charge on any atom is 0.345 e. The zero-order chi connectivity index (χ0) is 14.8. The van der Waals surface area contributed by atoms with Crippen LogP contribution in [-0.2, 0) is 6.61 Å². The monoisotopic (exact) mass is 293 g/mol. The quantitative estimate of drug-likeness (QED) is 0.836. The maximum absolute atomic E-state index is 12.8. The van der Waals surface area contributed by atoms with Crippen molar-refractivity contribution < 1.29 is 9.90 Å². The summed E-state index contributed by atoms with van der Waals surface area (Å²) in [5.41, 5.74) is 0.913. The number of aliphatic hydroxyl groups is 1. The molecule has 3 heterocycles. The van der Waals surface area contributed by atoms with Crippen molar-refractivity contribution >= 4 is 6.03 Å². The van der Waals surface area contributed by atoms with E-state index in [1.165, 1.54) is 0 Å². The van der Waals surface area contributed by atoms with Crippen LogP contribution in [0, 0.1) is 0 Å². The summed E-state index contributed by atoms with van der Waals surface area (Å²) >= 11 is 0. The molecule has 0 radical (unpaired) electrons. The summed E-state index contributed by atoms with van der Waals surface area (Å²) in [6.07, 6.45) is 4.84. The number of nitrogens with zero attached hydrogens (tertiary/aromatic N) is 4. The second-order valence-corrected chi connectivity index (χ2v) is 5.58. The minimum absolute atomic E-state index is 0.0448. The van der Waals surface area contributed by atoms with Crippen LogP contribution in [0.1, 0.15) is 43.7 Å². The number of nitrogens with one attached hydrogen (secondary N) is 1. The molecule has 2 aliphatic heterocycles. The van der Waals surface area contributed by atoms with Crippen molar-refractivity contribution in [2.75, 3.05) is 26.2 Å². The molecule has 0 bridgehead atoms. The predicted molar refractivity (Wildman–Crippen MR) is 77.5 cm³/mol. The number of hydrogen-bond donors (Lipinski definition) is 2. The first-order valence-electron chi connectivity index (χ1n) is 7.74. The molecule has 1 aromatic rings. The van der Waals surface area contributed by atoms with E-state index in [4.69, 9.17) is 0 Å². The zero-order valence-corrected chi connectivity index (χ0v) is 12.5. The molecule has 116 valence electrons. The van der Waals surface area contributed by atoms with Crippen LogP contribution in [0.25, 0.3) is 0 Å². The Bertz CT molecular complexity index is 509. The average Bonchev–Trinajstić information content (AvgIpc) is 3.05. The minimum atomic E-state index is -0.207. The summed E-state index contributed by atoms with van der Waals surface area (Å²) in [5, 5.41) is 16.7. The second kappa shape index (κ2) is 6.13. The number of amides is 1. The zero-order valence-electron chi connectivity index (χ0n) is 12.5. The summed E-state index contributed by atoms with van der Waals surface area (Å²) in [7, 11) is 0. The molecule has 0 aromatic carbocycles. The molecular formula is C14H23N5O2. The number of aliphatic hydroxyl groups excluding tert-OH is 1. The van der Waals surface area contributed by atoms with Gasteiger partial charge in [-0.2, -0.15) is 0 Å². The number of hydrogen-bond acceptors (Lipinski definition) is 5. The molecule has 0 saturated carbocycles. The van der Waals surface area contributed by atoms with Gasteiger partial charge in [0.15, 0.2) is 0 Å². The van der Waals surface area contributed by atoms with Crippen LogP contribution in [0.2, 0.25) is 0 Å². The van der Waals surface area contributed by atoms with Crippen LogP contribution >= 0.6 is 0 Å². The third kappa shape index (κ3) is 2.45. The van der Waals surface area contributed by atoms with Gasteiger partial charge in [0.1, 0.15) is 12.4 Å². The molecule has 1 unspecified atom stereocenters. The normalized spacial score (nSPS) is 22.9. The number of imidazole rings is 1.